The van der Waals surface area contributed by atoms with Gasteiger partial charge in [-0.25, -0.2) is 31.5 Å². The first-order valence-electron chi connectivity index (χ1n) is 15.8. The van der Waals surface area contributed by atoms with E-state index in [1.807, 2.05) is 19.0 Å². The van der Waals surface area contributed by atoms with Gasteiger partial charge >= 0.3 is 6.18 Å². The second-order valence-electron chi connectivity index (χ2n) is 12.3. The van der Waals surface area contributed by atoms with Gasteiger partial charge in [-0.05, 0) is 81.7 Å². The van der Waals surface area contributed by atoms with E-state index in [-0.39, 0.29) is 17.4 Å². The average molecular weight is 720 g/mol. The van der Waals surface area contributed by atoms with E-state index in [2.05, 4.69) is 9.97 Å². The van der Waals surface area contributed by atoms with Crippen molar-refractivity contribution in [2.45, 2.75) is 48.8 Å². The molecule has 0 saturated carbocycles. The van der Waals surface area contributed by atoms with Gasteiger partial charge in [-0.1, -0.05) is 18.2 Å². The number of alkyl halides is 3. The maximum absolute atomic E-state index is 16.0. The van der Waals surface area contributed by atoms with Gasteiger partial charge in [0.05, 0.1) is 26.3 Å². The summed E-state index contributed by atoms with van der Waals surface area (Å²) < 4.78 is 112. The zero-order valence-corrected chi connectivity index (χ0v) is 28.9. The number of nitrogens with zero attached hydrogens (tertiary/aromatic N) is 5. The number of hydrogen-bond donors (Lipinski definition) is 0. The zero-order chi connectivity index (χ0) is 36.3. The van der Waals surface area contributed by atoms with E-state index in [9.17, 15) is 21.6 Å². The first kappa shape index (κ1) is 36.8. The van der Waals surface area contributed by atoms with E-state index in [0.29, 0.717) is 60.0 Å². The molecule has 0 radical (unpaired) electrons. The minimum atomic E-state index is -4.93. The topological polar surface area (TPSA) is 88.1 Å². The number of benzene rings is 3. The van der Waals surface area contributed by atoms with Crippen LogP contribution in [0.25, 0.3) is 0 Å². The molecular formula is C35H38F5N5O4S. The fourth-order valence-corrected chi connectivity index (χ4v) is 7.76. The summed E-state index contributed by atoms with van der Waals surface area (Å²) >= 11 is 0. The SMILES string of the molecule is COc1ccc(CN(c2ncccn2)S(=O)(=O)c2c(F)cc(N3CCC[C@@](CCc4cccc(C(F)(F)F)c4)(N(C)C)C3)cc2F)c(OC)c1. The van der Waals surface area contributed by atoms with Crippen LogP contribution in [0.1, 0.15) is 36.0 Å². The maximum atomic E-state index is 16.0. The van der Waals surface area contributed by atoms with Gasteiger partial charge in [0, 0.05) is 48.3 Å². The molecule has 0 N–H and O–H groups in total. The molecule has 1 aliphatic rings. The number of rotatable bonds is 12. The predicted molar refractivity (Wildman–Crippen MR) is 179 cm³/mol. The minimum absolute atomic E-state index is 0.142. The van der Waals surface area contributed by atoms with Gasteiger partial charge in [-0.15, -0.1) is 0 Å². The summed E-state index contributed by atoms with van der Waals surface area (Å²) in [4.78, 5) is 10.7. The molecule has 50 heavy (non-hydrogen) atoms. The number of sulfonamides is 1. The van der Waals surface area contributed by atoms with Gasteiger partial charge in [0.25, 0.3) is 10.0 Å². The molecule has 5 rings (SSSR count). The van der Waals surface area contributed by atoms with Crippen molar-refractivity contribution in [2.75, 3.05) is 50.6 Å². The number of anilines is 2. The molecule has 15 heteroatoms. The molecule has 4 aromatic rings. The number of methoxy groups -OCH3 is 2. The summed E-state index contributed by atoms with van der Waals surface area (Å²) in [6, 6.07) is 13.4. The third-order valence-electron chi connectivity index (χ3n) is 9.12. The van der Waals surface area contributed by atoms with Gasteiger partial charge in [0.1, 0.15) is 23.1 Å². The summed E-state index contributed by atoms with van der Waals surface area (Å²) in [6.07, 6.45) is 0.333. The number of piperidine rings is 1. The smallest absolute Gasteiger partial charge is 0.416 e. The van der Waals surface area contributed by atoms with E-state index in [1.54, 1.807) is 29.2 Å². The molecular weight excluding hydrogens is 681 g/mol. The van der Waals surface area contributed by atoms with Crippen LogP contribution in [0.4, 0.5) is 33.6 Å². The van der Waals surface area contributed by atoms with E-state index < -0.39 is 50.4 Å². The molecule has 268 valence electrons. The van der Waals surface area contributed by atoms with Crippen LogP contribution in [0, 0.1) is 11.6 Å². The Morgan fingerprint density at radius 1 is 0.940 bits per heavy atom. The number of hydrogen-bond acceptors (Lipinski definition) is 8. The Morgan fingerprint density at radius 3 is 2.26 bits per heavy atom. The normalized spacial score (nSPS) is 16.8. The standard InChI is InChI=1S/C35H38F5N5O4S/c1-43(2)34(14-12-24-8-5-9-26(18-24)35(38,39)40)13-6-17-44(23-34)27-19-29(36)32(30(37)20-27)50(46,47)45(33-41-15-7-16-42-33)22-25-10-11-28(48-3)21-31(25)49-4/h5,7-11,15-16,18-21H,6,12-14,17,22-23H2,1-4H3/t34-/m0/s1. The van der Waals surface area contributed by atoms with Gasteiger partial charge in [0.2, 0.25) is 5.95 Å². The number of halogens is 5. The lowest BCUT2D eigenvalue weighted by Crippen LogP contribution is -2.56. The van der Waals surface area contributed by atoms with Crippen molar-refractivity contribution in [2.24, 2.45) is 0 Å². The molecule has 0 unspecified atom stereocenters. The first-order valence-corrected chi connectivity index (χ1v) is 17.2. The van der Waals surface area contributed by atoms with Crippen molar-refractivity contribution < 1.29 is 39.8 Å². The molecule has 2 heterocycles. The summed E-state index contributed by atoms with van der Waals surface area (Å²) in [5.74, 6) is -2.17. The monoisotopic (exact) mass is 719 g/mol. The van der Waals surface area contributed by atoms with Gasteiger partial charge in [-0.2, -0.15) is 13.2 Å². The second-order valence-corrected chi connectivity index (χ2v) is 14.1. The highest BCUT2D eigenvalue weighted by Gasteiger charge is 2.39. The van der Waals surface area contributed by atoms with Crippen molar-refractivity contribution in [1.82, 2.24) is 14.9 Å². The molecule has 1 atom stereocenters. The highest BCUT2D eigenvalue weighted by molar-refractivity contribution is 7.92. The third-order valence-corrected chi connectivity index (χ3v) is 10.9. The molecule has 1 fully saturated rings. The lowest BCUT2D eigenvalue weighted by Gasteiger charge is -2.48. The van der Waals surface area contributed by atoms with Crippen LogP contribution in [0.15, 0.2) is 78.0 Å². The number of aryl methyl sites for hydroxylation is 1. The van der Waals surface area contributed by atoms with Crippen LogP contribution >= 0.6 is 0 Å². The van der Waals surface area contributed by atoms with Crippen LogP contribution in [0.2, 0.25) is 0 Å². The van der Waals surface area contributed by atoms with Gasteiger partial charge in [0.15, 0.2) is 4.90 Å². The van der Waals surface area contributed by atoms with Crippen LogP contribution in [-0.4, -0.2) is 70.2 Å². The molecule has 1 aliphatic heterocycles. The van der Waals surface area contributed by atoms with Crippen molar-refractivity contribution in [3.63, 3.8) is 0 Å². The highest BCUT2D eigenvalue weighted by atomic mass is 32.2. The molecule has 0 aliphatic carbocycles. The van der Waals surface area contributed by atoms with Gasteiger partial charge in [-0.3, -0.25) is 0 Å². The predicted octanol–water partition coefficient (Wildman–Crippen LogP) is 6.72. The maximum Gasteiger partial charge on any atom is 0.416 e. The van der Waals surface area contributed by atoms with Crippen LogP contribution in [0.5, 0.6) is 11.5 Å². The number of likely N-dealkylation sites (N-methyl/N-ethyl adjacent to an activating group) is 1. The summed E-state index contributed by atoms with van der Waals surface area (Å²) in [6.45, 7) is 0.333. The molecule has 9 nitrogen and oxygen atoms in total. The molecule has 0 amide bonds. The van der Waals surface area contributed by atoms with Crippen LogP contribution < -0.4 is 18.7 Å². The molecule has 3 aromatic carbocycles. The molecule has 1 aromatic heterocycles. The molecule has 1 saturated heterocycles. The third kappa shape index (κ3) is 7.78. The Balaban J connectivity index is 1.45. The van der Waals surface area contributed by atoms with Crippen LogP contribution in [0.3, 0.4) is 0 Å². The fraction of sp³-hybridized carbons (Fsp3) is 0.371. The Bertz CT molecular complexity index is 1890. The minimum Gasteiger partial charge on any atom is -0.497 e. The van der Waals surface area contributed by atoms with E-state index in [1.165, 1.54) is 38.7 Å². The van der Waals surface area contributed by atoms with Gasteiger partial charge < -0.3 is 19.3 Å². The second kappa shape index (κ2) is 14.8. The summed E-state index contributed by atoms with van der Waals surface area (Å²) in [7, 11) is 1.66. The summed E-state index contributed by atoms with van der Waals surface area (Å²) in [5.41, 5.74) is -0.225. The quantitative estimate of drug-likeness (QED) is 0.149. The Labute approximate surface area is 288 Å². The fourth-order valence-electron chi connectivity index (χ4n) is 6.31. The highest BCUT2D eigenvalue weighted by Crippen LogP contribution is 2.37. The molecule has 0 spiro atoms. The van der Waals surface area contributed by atoms with Crippen molar-refractivity contribution in [3.05, 3.63) is 101 Å². The van der Waals surface area contributed by atoms with E-state index in [0.717, 1.165) is 24.3 Å². The molecule has 0 bridgehead atoms. The number of aromatic nitrogens is 2. The Kier molecular flexibility index (Phi) is 10.9. The van der Waals surface area contributed by atoms with E-state index in [4.69, 9.17) is 9.47 Å². The Morgan fingerprint density at radius 2 is 1.64 bits per heavy atom. The lowest BCUT2D eigenvalue weighted by molar-refractivity contribution is -0.137. The summed E-state index contributed by atoms with van der Waals surface area (Å²) in [5, 5.41) is 0. The zero-order valence-electron chi connectivity index (χ0n) is 28.0. The number of ether oxygens (including phenoxy) is 2. The van der Waals surface area contributed by atoms with Crippen molar-refractivity contribution in [1.29, 1.82) is 0 Å². The lowest BCUT2D eigenvalue weighted by atomic mass is 9.82. The average Bonchev–Trinajstić information content (AvgIpc) is 3.09. The largest absolute Gasteiger partial charge is 0.497 e. The Hall–Kier alpha value is -4.50. The van der Waals surface area contributed by atoms with Crippen molar-refractivity contribution >= 4 is 21.7 Å². The van der Waals surface area contributed by atoms with Crippen LogP contribution in [-0.2, 0) is 29.2 Å². The first-order chi connectivity index (χ1) is 23.7. The van der Waals surface area contributed by atoms with E-state index >= 15 is 8.78 Å². The van der Waals surface area contributed by atoms with Crippen molar-refractivity contribution in [3.8, 4) is 11.5 Å².